The highest BCUT2D eigenvalue weighted by molar-refractivity contribution is 6.35. The van der Waals surface area contributed by atoms with Gasteiger partial charge in [-0.25, -0.2) is 4.79 Å². The van der Waals surface area contributed by atoms with Crippen molar-refractivity contribution in [2.45, 2.75) is 13.5 Å². The molecule has 0 spiro atoms. The van der Waals surface area contributed by atoms with Crippen molar-refractivity contribution < 1.29 is 19.1 Å². The summed E-state index contributed by atoms with van der Waals surface area (Å²) in [4.78, 5) is 24.6. The van der Waals surface area contributed by atoms with Crippen LogP contribution in [0.25, 0.3) is 6.08 Å². The van der Waals surface area contributed by atoms with Crippen LogP contribution in [0.2, 0.25) is 10.0 Å². The molecule has 1 aliphatic rings. The van der Waals surface area contributed by atoms with Gasteiger partial charge in [-0.3, -0.25) is 9.69 Å². The Kier molecular flexibility index (Phi) is 6.11. The predicted molar refractivity (Wildman–Crippen MR) is 108 cm³/mol. The van der Waals surface area contributed by atoms with Crippen molar-refractivity contribution in [1.29, 1.82) is 0 Å². The molecule has 0 radical (unpaired) electrons. The Morgan fingerprint density at radius 2 is 1.86 bits per heavy atom. The fraction of sp³-hybridized carbons (Fsp3) is 0.200. The maximum Gasteiger partial charge on any atom is 0.328 e. The van der Waals surface area contributed by atoms with E-state index in [1.807, 2.05) is 6.92 Å². The van der Waals surface area contributed by atoms with Gasteiger partial charge in [-0.2, -0.15) is 0 Å². The Labute approximate surface area is 172 Å². The van der Waals surface area contributed by atoms with Crippen LogP contribution in [0.4, 0.5) is 4.79 Å². The summed E-state index contributed by atoms with van der Waals surface area (Å²) in [7, 11) is 1.42. The van der Waals surface area contributed by atoms with E-state index in [9.17, 15) is 9.59 Å². The van der Waals surface area contributed by atoms with Crippen molar-refractivity contribution >= 4 is 41.2 Å². The van der Waals surface area contributed by atoms with E-state index in [-0.39, 0.29) is 18.2 Å². The molecule has 1 heterocycles. The minimum Gasteiger partial charge on any atom is -0.490 e. The molecule has 3 rings (SSSR count). The first-order valence-corrected chi connectivity index (χ1v) is 9.29. The second-order valence-corrected chi connectivity index (χ2v) is 6.86. The first kappa shape index (κ1) is 20.0. The lowest BCUT2D eigenvalue weighted by Crippen LogP contribution is -2.25. The fourth-order valence-corrected chi connectivity index (χ4v) is 3.05. The second kappa shape index (κ2) is 8.54. The van der Waals surface area contributed by atoms with Crippen molar-refractivity contribution in [1.82, 2.24) is 10.2 Å². The highest BCUT2D eigenvalue weighted by Crippen LogP contribution is 2.31. The number of imide groups is 1. The average molecular weight is 421 g/mol. The Balaban J connectivity index is 1.81. The summed E-state index contributed by atoms with van der Waals surface area (Å²) in [6.07, 6.45) is 1.59. The average Bonchev–Trinajstić information content (AvgIpc) is 2.89. The van der Waals surface area contributed by atoms with E-state index >= 15 is 0 Å². The summed E-state index contributed by atoms with van der Waals surface area (Å²) in [6, 6.07) is 10.0. The first-order valence-electron chi connectivity index (χ1n) is 8.53. The standard InChI is InChI=1S/C20H18Cl2N2O4/c1-3-27-18-9-12(8-16-19(25)24(2)20(26)23-16)4-7-17(18)28-11-13-5-6-14(21)10-15(13)22/h4-10H,3,11H2,1-2H3,(H,23,26)/b16-8+. The molecule has 0 aliphatic carbocycles. The van der Waals surface area contributed by atoms with Gasteiger partial charge >= 0.3 is 6.03 Å². The smallest absolute Gasteiger partial charge is 0.328 e. The van der Waals surface area contributed by atoms with Gasteiger partial charge < -0.3 is 14.8 Å². The number of likely N-dealkylation sites (N-methyl/N-ethyl adjacent to an activating group) is 1. The fourth-order valence-electron chi connectivity index (χ4n) is 2.59. The molecule has 1 N–H and O–H groups in total. The third kappa shape index (κ3) is 4.40. The van der Waals surface area contributed by atoms with E-state index in [0.29, 0.717) is 33.7 Å². The van der Waals surface area contributed by atoms with Gasteiger partial charge in [-0.1, -0.05) is 35.3 Å². The summed E-state index contributed by atoms with van der Waals surface area (Å²) in [5.41, 5.74) is 1.69. The van der Waals surface area contributed by atoms with Gasteiger partial charge in [0.2, 0.25) is 0 Å². The van der Waals surface area contributed by atoms with Crippen molar-refractivity contribution in [3.8, 4) is 11.5 Å². The molecule has 3 amide bonds. The summed E-state index contributed by atoms with van der Waals surface area (Å²) in [6.45, 7) is 2.55. The lowest BCUT2D eigenvalue weighted by molar-refractivity contribution is -0.121. The third-order valence-corrected chi connectivity index (χ3v) is 4.65. The number of ether oxygens (including phenoxy) is 2. The van der Waals surface area contributed by atoms with Crippen molar-refractivity contribution in [3.05, 3.63) is 63.3 Å². The molecule has 28 heavy (non-hydrogen) atoms. The van der Waals surface area contributed by atoms with Crippen LogP contribution < -0.4 is 14.8 Å². The molecule has 146 valence electrons. The molecule has 1 aliphatic heterocycles. The molecule has 2 aromatic carbocycles. The molecule has 6 nitrogen and oxygen atoms in total. The number of hydrogen-bond donors (Lipinski definition) is 1. The molecule has 1 fully saturated rings. The summed E-state index contributed by atoms with van der Waals surface area (Å²) in [5.74, 6) is 0.668. The topological polar surface area (TPSA) is 67.9 Å². The first-order chi connectivity index (χ1) is 13.4. The SMILES string of the molecule is CCOc1cc(/C=C2/NC(=O)N(C)C2=O)ccc1OCc1ccc(Cl)cc1Cl. The minimum atomic E-state index is -0.457. The maximum absolute atomic E-state index is 12.0. The van der Waals surface area contributed by atoms with E-state index in [0.717, 1.165) is 10.5 Å². The van der Waals surface area contributed by atoms with E-state index in [4.69, 9.17) is 32.7 Å². The van der Waals surface area contributed by atoms with E-state index in [1.54, 1.807) is 42.5 Å². The Morgan fingerprint density at radius 3 is 2.50 bits per heavy atom. The van der Waals surface area contributed by atoms with Crippen molar-refractivity contribution in [2.75, 3.05) is 13.7 Å². The molecular weight excluding hydrogens is 403 g/mol. The van der Waals surface area contributed by atoms with Gasteiger partial charge in [0.15, 0.2) is 11.5 Å². The number of amides is 3. The zero-order chi connectivity index (χ0) is 20.3. The molecule has 0 bridgehead atoms. The quantitative estimate of drug-likeness (QED) is 0.551. The number of benzene rings is 2. The molecule has 0 unspecified atom stereocenters. The van der Waals surface area contributed by atoms with Crippen LogP contribution in [0.5, 0.6) is 11.5 Å². The molecule has 0 aromatic heterocycles. The highest BCUT2D eigenvalue weighted by atomic mass is 35.5. The zero-order valence-electron chi connectivity index (χ0n) is 15.3. The Morgan fingerprint density at radius 1 is 1.07 bits per heavy atom. The van der Waals surface area contributed by atoms with Crippen molar-refractivity contribution in [3.63, 3.8) is 0 Å². The van der Waals surface area contributed by atoms with Crippen LogP contribution in [0.3, 0.4) is 0 Å². The van der Waals surface area contributed by atoms with Gasteiger partial charge in [0, 0.05) is 22.7 Å². The molecule has 0 atom stereocenters. The number of carbonyl (C=O) groups excluding carboxylic acids is 2. The maximum atomic E-state index is 12.0. The lowest BCUT2D eigenvalue weighted by atomic mass is 10.1. The monoisotopic (exact) mass is 420 g/mol. The number of nitrogens with zero attached hydrogens (tertiary/aromatic N) is 1. The van der Waals surface area contributed by atoms with Crippen LogP contribution >= 0.6 is 23.2 Å². The van der Waals surface area contributed by atoms with Crippen LogP contribution in [0.15, 0.2) is 42.1 Å². The Hall–Kier alpha value is -2.70. The van der Waals surface area contributed by atoms with Gasteiger partial charge in [0.05, 0.1) is 6.61 Å². The van der Waals surface area contributed by atoms with Gasteiger partial charge in [0.25, 0.3) is 5.91 Å². The summed E-state index contributed by atoms with van der Waals surface area (Å²) >= 11 is 12.1. The van der Waals surface area contributed by atoms with Gasteiger partial charge in [-0.05, 0) is 42.8 Å². The van der Waals surface area contributed by atoms with Crippen LogP contribution in [0, 0.1) is 0 Å². The predicted octanol–water partition coefficient (Wildman–Crippen LogP) is 4.49. The van der Waals surface area contributed by atoms with Gasteiger partial charge in [-0.15, -0.1) is 0 Å². The van der Waals surface area contributed by atoms with Crippen LogP contribution in [-0.2, 0) is 11.4 Å². The zero-order valence-corrected chi connectivity index (χ0v) is 16.8. The number of carbonyl (C=O) groups is 2. The summed E-state index contributed by atoms with van der Waals surface area (Å²) in [5, 5.41) is 3.60. The Bertz CT molecular complexity index is 959. The van der Waals surface area contributed by atoms with Crippen LogP contribution in [0.1, 0.15) is 18.1 Å². The van der Waals surface area contributed by atoms with E-state index < -0.39 is 6.03 Å². The number of rotatable bonds is 6. The molecular formula is C20H18Cl2N2O4. The minimum absolute atomic E-state index is 0.205. The normalized spacial score (nSPS) is 15.1. The molecule has 0 saturated carbocycles. The van der Waals surface area contributed by atoms with Crippen LogP contribution in [-0.4, -0.2) is 30.5 Å². The molecule has 8 heteroatoms. The van der Waals surface area contributed by atoms with E-state index in [2.05, 4.69) is 5.32 Å². The number of nitrogens with one attached hydrogen (secondary N) is 1. The number of urea groups is 1. The lowest BCUT2D eigenvalue weighted by Gasteiger charge is -2.13. The van der Waals surface area contributed by atoms with E-state index in [1.165, 1.54) is 7.05 Å². The third-order valence-electron chi connectivity index (χ3n) is 4.06. The summed E-state index contributed by atoms with van der Waals surface area (Å²) < 4.78 is 11.5. The van der Waals surface area contributed by atoms with Crippen molar-refractivity contribution in [2.24, 2.45) is 0 Å². The number of halogens is 2. The molecule has 2 aromatic rings. The molecule has 1 saturated heterocycles. The van der Waals surface area contributed by atoms with Gasteiger partial charge in [0.1, 0.15) is 12.3 Å². The largest absolute Gasteiger partial charge is 0.490 e. The number of hydrogen-bond acceptors (Lipinski definition) is 4. The highest BCUT2D eigenvalue weighted by Gasteiger charge is 2.30. The second-order valence-electron chi connectivity index (χ2n) is 6.02.